The van der Waals surface area contributed by atoms with Crippen LogP contribution in [0.4, 0.5) is 0 Å². The molecule has 0 aliphatic carbocycles. The summed E-state index contributed by atoms with van der Waals surface area (Å²) >= 11 is 6.50. The Bertz CT molecular complexity index is 1260. The molecule has 0 fully saturated rings. The monoisotopic (exact) mass is 459 g/mol. The van der Waals surface area contributed by atoms with Crippen molar-refractivity contribution in [3.63, 3.8) is 0 Å². The van der Waals surface area contributed by atoms with Gasteiger partial charge in [0.25, 0.3) is 0 Å². The van der Waals surface area contributed by atoms with Crippen LogP contribution in [0.15, 0.2) is 53.6 Å². The van der Waals surface area contributed by atoms with Gasteiger partial charge in [-0.15, -0.1) is 0 Å². The summed E-state index contributed by atoms with van der Waals surface area (Å²) < 4.78 is 36.9. The van der Waals surface area contributed by atoms with E-state index in [2.05, 4.69) is 10.1 Å². The number of hydrogen-bond donors (Lipinski definition) is 0. The fraction of sp³-hybridized carbons (Fsp3) is 0.273. The Morgan fingerprint density at radius 3 is 2.48 bits per heavy atom. The van der Waals surface area contributed by atoms with E-state index in [9.17, 15) is 8.42 Å². The van der Waals surface area contributed by atoms with Crippen molar-refractivity contribution in [2.45, 2.75) is 19.4 Å². The molecule has 9 heteroatoms. The SMILES string of the molecule is CCOc1ccc2nc(Cl)c([C@H]3CC(c4ccc(OC)cc4)=NN3S(C)(=O)=O)cc2c1. The molecule has 1 atom stereocenters. The molecule has 1 aliphatic rings. The molecular weight excluding hydrogens is 438 g/mol. The van der Waals surface area contributed by atoms with Crippen molar-refractivity contribution in [2.75, 3.05) is 20.0 Å². The van der Waals surface area contributed by atoms with Crippen LogP contribution in [0.3, 0.4) is 0 Å². The van der Waals surface area contributed by atoms with Crippen molar-refractivity contribution in [3.05, 3.63) is 64.8 Å². The molecule has 0 amide bonds. The molecule has 0 bridgehead atoms. The Morgan fingerprint density at radius 2 is 1.84 bits per heavy atom. The number of hydrogen-bond acceptors (Lipinski definition) is 6. The summed E-state index contributed by atoms with van der Waals surface area (Å²) in [6.07, 6.45) is 1.51. The Balaban J connectivity index is 1.76. The predicted molar refractivity (Wildman–Crippen MR) is 121 cm³/mol. The molecule has 4 rings (SSSR count). The van der Waals surface area contributed by atoms with Gasteiger partial charge in [0, 0.05) is 17.4 Å². The van der Waals surface area contributed by atoms with E-state index >= 15 is 0 Å². The van der Waals surface area contributed by atoms with Crippen molar-refractivity contribution >= 4 is 38.2 Å². The average Bonchev–Trinajstić information content (AvgIpc) is 3.19. The Morgan fingerprint density at radius 1 is 1.13 bits per heavy atom. The van der Waals surface area contributed by atoms with Crippen molar-refractivity contribution in [3.8, 4) is 11.5 Å². The van der Waals surface area contributed by atoms with Gasteiger partial charge in [0.2, 0.25) is 10.0 Å². The standard InChI is InChI=1S/C22H22ClN3O4S/c1-4-30-17-9-10-19-15(11-17)12-18(22(23)24-19)21-13-20(25-26(21)31(3,27)28)14-5-7-16(29-2)8-6-14/h5-12,21H,4,13H2,1-3H3/t21-/m1/s1. The maximum absolute atomic E-state index is 12.5. The first-order chi connectivity index (χ1) is 14.8. The molecule has 1 aromatic heterocycles. The van der Waals surface area contributed by atoms with Crippen LogP contribution < -0.4 is 9.47 Å². The van der Waals surface area contributed by atoms with Gasteiger partial charge in [-0.05, 0) is 61.0 Å². The number of aromatic nitrogens is 1. The van der Waals surface area contributed by atoms with E-state index in [0.29, 0.717) is 41.3 Å². The van der Waals surface area contributed by atoms with Crippen LogP contribution in [0.2, 0.25) is 5.15 Å². The lowest BCUT2D eigenvalue weighted by molar-refractivity contribution is 0.340. The number of methoxy groups -OCH3 is 1. The first-order valence-electron chi connectivity index (χ1n) is 9.74. The summed E-state index contributed by atoms with van der Waals surface area (Å²) in [5, 5.41) is 5.49. The fourth-order valence-corrected chi connectivity index (χ4v) is 4.79. The second kappa shape index (κ2) is 8.36. The number of rotatable bonds is 6. The lowest BCUT2D eigenvalue weighted by Crippen LogP contribution is -2.26. The highest BCUT2D eigenvalue weighted by Crippen LogP contribution is 2.39. The molecule has 3 aromatic rings. The van der Waals surface area contributed by atoms with Crippen LogP contribution in [0.1, 0.15) is 30.5 Å². The van der Waals surface area contributed by atoms with E-state index in [0.717, 1.165) is 21.6 Å². The molecule has 0 unspecified atom stereocenters. The molecule has 0 radical (unpaired) electrons. The van der Waals surface area contributed by atoms with E-state index in [-0.39, 0.29) is 5.15 Å². The van der Waals surface area contributed by atoms with Crippen molar-refractivity contribution in [2.24, 2.45) is 5.10 Å². The summed E-state index contributed by atoms with van der Waals surface area (Å²) in [5.41, 5.74) is 2.77. The third-order valence-corrected chi connectivity index (χ3v) is 6.39. The third-order valence-electron chi connectivity index (χ3n) is 5.07. The lowest BCUT2D eigenvalue weighted by Gasteiger charge is -2.22. The maximum atomic E-state index is 12.5. The van der Waals surface area contributed by atoms with E-state index in [1.807, 2.05) is 55.5 Å². The first kappa shape index (κ1) is 21.4. The summed E-state index contributed by atoms with van der Waals surface area (Å²) in [6.45, 7) is 2.46. The van der Waals surface area contributed by atoms with Gasteiger partial charge in [0.15, 0.2) is 0 Å². The summed E-state index contributed by atoms with van der Waals surface area (Å²) in [6, 6.07) is 14.2. The van der Waals surface area contributed by atoms with Crippen LogP contribution in [0.5, 0.6) is 11.5 Å². The lowest BCUT2D eigenvalue weighted by atomic mass is 9.99. The number of halogens is 1. The number of hydrazone groups is 1. The molecule has 0 N–H and O–H groups in total. The molecule has 1 aliphatic heterocycles. The van der Waals surface area contributed by atoms with Gasteiger partial charge < -0.3 is 9.47 Å². The molecule has 31 heavy (non-hydrogen) atoms. The number of sulfonamides is 1. The molecule has 7 nitrogen and oxygen atoms in total. The largest absolute Gasteiger partial charge is 0.497 e. The Hall–Kier alpha value is -2.84. The molecular formula is C22H22ClN3O4S. The zero-order chi connectivity index (χ0) is 22.2. The fourth-order valence-electron chi connectivity index (χ4n) is 3.62. The van der Waals surface area contributed by atoms with Crippen LogP contribution in [0, 0.1) is 0 Å². The highest BCUT2D eigenvalue weighted by molar-refractivity contribution is 7.88. The van der Waals surface area contributed by atoms with Gasteiger partial charge in [-0.2, -0.15) is 9.52 Å². The van der Waals surface area contributed by atoms with Gasteiger partial charge in [0.05, 0.1) is 37.2 Å². The van der Waals surface area contributed by atoms with Crippen molar-refractivity contribution in [1.82, 2.24) is 9.40 Å². The molecule has 2 aromatic carbocycles. The second-order valence-corrected chi connectivity index (χ2v) is 9.38. The molecule has 2 heterocycles. The van der Waals surface area contributed by atoms with Gasteiger partial charge in [-0.25, -0.2) is 13.4 Å². The number of benzene rings is 2. The third kappa shape index (κ3) is 4.31. The minimum atomic E-state index is -3.63. The molecule has 0 saturated carbocycles. The van der Waals surface area contributed by atoms with Crippen molar-refractivity contribution in [1.29, 1.82) is 0 Å². The van der Waals surface area contributed by atoms with Crippen molar-refractivity contribution < 1.29 is 17.9 Å². The number of ether oxygens (including phenoxy) is 2. The van der Waals surface area contributed by atoms with Gasteiger partial charge in [0.1, 0.15) is 16.7 Å². The summed E-state index contributed by atoms with van der Waals surface area (Å²) in [5.74, 6) is 1.43. The van der Waals surface area contributed by atoms with E-state index in [4.69, 9.17) is 21.1 Å². The van der Waals surface area contributed by atoms with Crippen LogP contribution >= 0.6 is 11.6 Å². The topological polar surface area (TPSA) is 81.1 Å². The predicted octanol–water partition coefficient (Wildman–Crippen LogP) is 4.41. The minimum Gasteiger partial charge on any atom is -0.497 e. The number of fused-ring (bicyclic) bond motifs is 1. The summed E-state index contributed by atoms with van der Waals surface area (Å²) in [7, 11) is -2.04. The summed E-state index contributed by atoms with van der Waals surface area (Å²) in [4.78, 5) is 4.48. The molecule has 162 valence electrons. The smallest absolute Gasteiger partial charge is 0.247 e. The zero-order valence-electron chi connectivity index (χ0n) is 17.4. The Labute approximate surface area is 186 Å². The van der Waals surface area contributed by atoms with E-state index in [1.54, 1.807) is 7.11 Å². The van der Waals surface area contributed by atoms with Crippen LogP contribution in [-0.2, 0) is 10.0 Å². The maximum Gasteiger partial charge on any atom is 0.247 e. The highest BCUT2D eigenvalue weighted by atomic mass is 35.5. The van der Waals surface area contributed by atoms with Gasteiger partial charge in [-0.1, -0.05) is 11.6 Å². The van der Waals surface area contributed by atoms with Crippen LogP contribution in [-0.4, -0.2) is 43.5 Å². The number of nitrogens with zero attached hydrogens (tertiary/aromatic N) is 3. The van der Waals surface area contributed by atoms with Crippen LogP contribution in [0.25, 0.3) is 10.9 Å². The molecule has 0 saturated heterocycles. The average molecular weight is 460 g/mol. The Kier molecular flexibility index (Phi) is 5.77. The second-order valence-electron chi connectivity index (χ2n) is 7.19. The number of pyridine rings is 1. The van der Waals surface area contributed by atoms with Gasteiger partial charge >= 0.3 is 0 Å². The van der Waals surface area contributed by atoms with Gasteiger partial charge in [-0.3, -0.25) is 0 Å². The first-order valence-corrected chi connectivity index (χ1v) is 12.0. The molecule has 0 spiro atoms. The van der Waals surface area contributed by atoms with E-state index in [1.165, 1.54) is 0 Å². The van der Waals surface area contributed by atoms with E-state index < -0.39 is 16.1 Å². The normalized spacial score (nSPS) is 16.5. The quantitative estimate of drug-likeness (QED) is 0.510. The minimum absolute atomic E-state index is 0.251. The highest BCUT2D eigenvalue weighted by Gasteiger charge is 2.36. The zero-order valence-corrected chi connectivity index (χ0v) is 18.9.